The number of esters is 1. The molecule has 1 fully saturated rings. The van der Waals surface area contributed by atoms with Gasteiger partial charge in [-0.2, -0.15) is 8.42 Å². The van der Waals surface area contributed by atoms with E-state index in [-0.39, 0.29) is 17.3 Å². The van der Waals surface area contributed by atoms with Gasteiger partial charge in [-0.15, -0.1) is 11.3 Å². The maximum Gasteiger partial charge on any atom is 0.337 e. The highest BCUT2D eigenvalue weighted by Crippen LogP contribution is 2.41. The predicted molar refractivity (Wildman–Crippen MR) is 174 cm³/mol. The van der Waals surface area contributed by atoms with Crippen molar-refractivity contribution in [2.24, 2.45) is 0 Å². The Balaban J connectivity index is 1.41. The summed E-state index contributed by atoms with van der Waals surface area (Å²) < 4.78 is 41.5. The lowest BCUT2D eigenvalue weighted by atomic mass is 9.97. The molecule has 8 nitrogen and oxygen atoms in total. The molecule has 1 aromatic heterocycles. The van der Waals surface area contributed by atoms with Gasteiger partial charge < -0.3 is 13.7 Å². The highest BCUT2D eigenvalue weighted by Gasteiger charge is 2.23. The van der Waals surface area contributed by atoms with E-state index >= 15 is 0 Å². The van der Waals surface area contributed by atoms with E-state index in [0.29, 0.717) is 45.7 Å². The molecule has 0 N–H and O–H groups in total. The summed E-state index contributed by atoms with van der Waals surface area (Å²) in [5, 5.41) is 0.715. The highest BCUT2D eigenvalue weighted by atomic mass is 32.2. The molecule has 4 aromatic rings. The first-order chi connectivity index (χ1) is 21.3. The fraction of sp³-hybridized carbons (Fsp3) is 0.353. The SMILES string of the molecule is CCCCS(=O)(=O)Oc1ccc(-c2sc3cc(C(=O)OC)ccc3c2C(=O)c2ccc(OCCN3CCCCC3)cc2)cc1. The van der Waals surface area contributed by atoms with Gasteiger partial charge in [0.15, 0.2) is 5.78 Å². The molecule has 10 heteroatoms. The summed E-state index contributed by atoms with van der Waals surface area (Å²) in [5.41, 5.74) is 2.13. The number of carbonyl (C=O) groups excluding carboxylic acids is 2. The number of ketones is 1. The number of hydrogen-bond acceptors (Lipinski definition) is 9. The van der Waals surface area contributed by atoms with Crippen LogP contribution < -0.4 is 8.92 Å². The Hall–Kier alpha value is -3.73. The third-order valence-corrected chi connectivity index (χ3v) is 10.1. The Bertz CT molecular complexity index is 1710. The minimum absolute atomic E-state index is 0.0506. The molecule has 0 spiro atoms. The molecule has 0 radical (unpaired) electrons. The Morgan fingerprint density at radius 2 is 1.57 bits per heavy atom. The van der Waals surface area contributed by atoms with E-state index in [9.17, 15) is 18.0 Å². The molecule has 0 aliphatic carbocycles. The molecule has 3 aromatic carbocycles. The lowest BCUT2D eigenvalue weighted by Crippen LogP contribution is -2.33. The Kier molecular flexibility index (Phi) is 10.3. The molecular formula is C34H37NO7S2. The average molecular weight is 636 g/mol. The van der Waals surface area contributed by atoms with Crippen molar-refractivity contribution in [2.45, 2.75) is 39.0 Å². The standard InChI is InChI=1S/C34H37NO7S2/c1-3-4-22-44(38,39)42-28-15-10-25(11-16-28)33-31(29-17-12-26(34(37)40-2)23-30(29)43-33)32(36)24-8-13-27(14-9-24)41-21-20-35-18-6-5-7-19-35/h8-17,23H,3-7,18-22H2,1-2H3. The van der Waals surface area contributed by atoms with Gasteiger partial charge in [-0.1, -0.05) is 25.8 Å². The van der Waals surface area contributed by atoms with Gasteiger partial charge in [0, 0.05) is 32.6 Å². The minimum atomic E-state index is -3.69. The van der Waals surface area contributed by atoms with Crippen molar-refractivity contribution in [1.82, 2.24) is 4.90 Å². The highest BCUT2D eigenvalue weighted by molar-refractivity contribution is 7.87. The Morgan fingerprint density at radius 1 is 0.886 bits per heavy atom. The number of benzene rings is 3. The number of fused-ring (bicyclic) bond motifs is 1. The number of piperidine rings is 1. The van der Waals surface area contributed by atoms with E-state index in [1.807, 2.05) is 19.1 Å². The first-order valence-electron chi connectivity index (χ1n) is 15.0. The summed E-state index contributed by atoms with van der Waals surface area (Å²) >= 11 is 1.38. The average Bonchev–Trinajstić information content (AvgIpc) is 3.43. The van der Waals surface area contributed by atoms with E-state index < -0.39 is 16.1 Å². The smallest absolute Gasteiger partial charge is 0.337 e. The molecule has 0 bridgehead atoms. The molecule has 1 saturated heterocycles. The normalized spacial score (nSPS) is 14.0. The quantitative estimate of drug-likeness (QED) is 0.0884. The molecule has 1 aliphatic rings. The predicted octanol–water partition coefficient (Wildman–Crippen LogP) is 6.96. The third kappa shape index (κ3) is 7.67. The second-order valence-corrected chi connectivity index (χ2v) is 13.6. The van der Waals surface area contributed by atoms with Crippen LogP contribution in [-0.2, 0) is 14.9 Å². The Labute approximate surface area is 262 Å². The van der Waals surface area contributed by atoms with Crippen LogP contribution in [0.3, 0.4) is 0 Å². The molecule has 0 saturated carbocycles. The number of nitrogens with zero attached hydrogens (tertiary/aromatic N) is 1. The van der Waals surface area contributed by atoms with Gasteiger partial charge in [-0.3, -0.25) is 9.69 Å². The van der Waals surface area contributed by atoms with Gasteiger partial charge in [0.1, 0.15) is 18.1 Å². The van der Waals surface area contributed by atoms with E-state index in [1.165, 1.54) is 37.7 Å². The second-order valence-electron chi connectivity index (χ2n) is 10.8. The van der Waals surface area contributed by atoms with Crippen LogP contribution in [0, 0.1) is 0 Å². The van der Waals surface area contributed by atoms with Crippen molar-refractivity contribution < 1.29 is 31.7 Å². The van der Waals surface area contributed by atoms with Gasteiger partial charge in [-0.25, -0.2) is 4.79 Å². The van der Waals surface area contributed by atoms with Gasteiger partial charge in [0.2, 0.25) is 0 Å². The van der Waals surface area contributed by atoms with Gasteiger partial charge >= 0.3 is 16.1 Å². The van der Waals surface area contributed by atoms with Crippen molar-refractivity contribution in [3.8, 4) is 21.9 Å². The van der Waals surface area contributed by atoms with Crippen molar-refractivity contribution >= 4 is 43.3 Å². The fourth-order valence-electron chi connectivity index (χ4n) is 5.26. The van der Waals surface area contributed by atoms with Crippen LogP contribution in [0.5, 0.6) is 11.5 Å². The zero-order valence-corrected chi connectivity index (χ0v) is 26.7. The number of ether oxygens (including phenoxy) is 2. The Morgan fingerprint density at radius 3 is 2.25 bits per heavy atom. The van der Waals surface area contributed by atoms with Gasteiger partial charge in [-0.05, 0) is 98.6 Å². The molecule has 1 aliphatic heterocycles. The molecule has 2 heterocycles. The molecule has 0 atom stereocenters. The van der Waals surface area contributed by atoms with Crippen LogP contribution in [0.15, 0.2) is 66.7 Å². The van der Waals surface area contributed by atoms with Crippen LogP contribution >= 0.6 is 11.3 Å². The zero-order valence-electron chi connectivity index (χ0n) is 25.0. The first kappa shape index (κ1) is 31.7. The summed E-state index contributed by atoms with van der Waals surface area (Å²) in [6, 6.07) is 19.0. The largest absolute Gasteiger partial charge is 0.492 e. The molecule has 44 heavy (non-hydrogen) atoms. The van der Waals surface area contributed by atoms with Crippen LogP contribution in [-0.4, -0.2) is 64.2 Å². The molecule has 0 unspecified atom stereocenters. The lowest BCUT2D eigenvalue weighted by molar-refractivity contribution is 0.0600. The van der Waals surface area contributed by atoms with Crippen LogP contribution in [0.4, 0.5) is 0 Å². The number of carbonyl (C=O) groups is 2. The second kappa shape index (κ2) is 14.4. The number of hydrogen-bond donors (Lipinski definition) is 0. The first-order valence-corrected chi connectivity index (χ1v) is 17.3. The zero-order chi connectivity index (χ0) is 31.1. The van der Waals surface area contributed by atoms with Crippen LogP contribution in [0.1, 0.15) is 65.3 Å². The maximum absolute atomic E-state index is 14.0. The molecular weight excluding hydrogens is 599 g/mol. The monoisotopic (exact) mass is 635 g/mol. The summed E-state index contributed by atoms with van der Waals surface area (Å²) in [6.45, 7) is 5.62. The van der Waals surface area contributed by atoms with E-state index in [2.05, 4.69) is 4.90 Å². The van der Waals surface area contributed by atoms with E-state index in [0.717, 1.165) is 36.3 Å². The molecule has 232 valence electrons. The van der Waals surface area contributed by atoms with Crippen molar-refractivity contribution in [3.05, 3.63) is 83.4 Å². The van der Waals surface area contributed by atoms with Crippen molar-refractivity contribution in [3.63, 3.8) is 0 Å². The summed E-state index contributed by atoms with van der Waals surface area (Å²) in [5.74, 6) is 0.241. The number of likely N-dealkylation sites (tertiary alicyclic amines) is 1. The molecule has 0 amide bonds. The van der Waals surface area contributed by atoms with E-state index in [1.54, 1.807) is 54.6 Å². The third-order valence-electron chi connectivity index (χ3n) is 7.67. The summed E-state index contributed by atoms with van der Waals surface area (Å²) in [4.78, 5) is 29.4. The summed E-state index contributed by atoms with van der Waals surface area (Å²) in [7, 11) is -2.36. The van der Waals surface area contributed by atoms with Crippen molar-refractivity contribution in [2.75, 3.05) is 39.1 Å². The topological polar surface area (TPSA) is 99.2 Å². The molecule has 5 rings (SSSR count). The fourth-order valence-corrected chi connectivity index (χ4v) is 7.64. The van der Waals surface area contributed by atoms with Gasteiger partial charge in [0.05, 0.1) is 18.4 Å². The van der Waals surface area contributed by atoms with Crippen LogP contribution in [0.2, 0.25) is 0 Å². The number of rotatable bonds is 13. The number of methoxy groups -OCH3 is 1. The lowest BCUT2D eigenvalue weighted by Gasteiger charge is -2.26. The van der Waals surface area contributed by atoms with Crippen LogP contribution in [0.25, 0.3) is 20.5 Å². The minimum Gasteiger partial charge on any atom is -0.492 e. The summed E-state index contributed by atoms with van der Waals surface area (Å²) in [6.07, 6.45) is 5.03. The van der Waals surface area contributed by atoms with Crippen molar-refractivity contribution in [1.29, 1.82) is 0 Å². The number of thiophene rings is 1. The van der Waals surface area contributed by atoms with E-state index in [4.69, 9.17) is 13.7 Å². The maximum atomic E-state index is 14.0. The van der Waals surface area contributed by atoms with Gasteiger partial charge in [0.25, 0.3) is 0 Å². The number of unbranched alkanes of at least 4 members (excludes halogenated alkanes) is 1.